The van der Waals surface area contributed by atoms with Crippen LogP contribution in [0.2, 0.25) is 0 Å². The average Bonchev–Trinajstić information content (AvgIpc) is 1.86. The largest absolute Gasteiger partial charge is 3.00 e. The third kappa shape index (κ3) is 13.5. The molecule has 1 aromatic carbocycles. The van der Waals surface area contributed by atoms with E-state index in [9.17, 15) is 13.0 Å². The minimum Gasteiger partial charge on any atom is -0.744 e. The van der Waals surface area contributed by atoms with Crippen LogP contribution in [0, 0.1) is 6.92 Å². The van der Waals surface area contributed by atoms with Crippen LogP contribution in [-0.4, -0.2) is 45.8 Å². The first kappa shape index (κ1) is 43.3. The van der Waals surface area contributed by atoms with Crippen LogP contribution in [0.3, 0.4) is 0 Å². The van der Waals surface area contributed by atoms with Gasteiger partial charge < -0.3 is 37.4 Å². The summed E-state index contributed by atoms with van der Waals surface area (Å²) in [4.78, 5) is -0.178. The van der Waals surface area contributed by atoms with Crippen molar-refractivity contribution in [2.24, 2.45) is 0 Å². The summed E-state index contributed by atoms with van der Waals surface area (Å²) in [6.45, 7) is 1.82. The Bertz CT molecular complexity index is 350. The van der Waals surface area contributed by atoms with Gasteiger partial charge in [0.15, 0.2) is 0 Å². The van der Waals surface area contributed by atoms with Gasteiger partial charge in [0.1, 0.15) is 10.1 Å². The number of hydrogen-bond donors (Lipinski definition) is 0. The van der Waals surface area contributed by atoms with Crippen molar-refractivity contribution < 1.29 is 62.9 Å². The van der Waals surface area contributed by atoms with Crippen molar-refractivity contribution >= 4 is 10.1 Å². The summed E-state index contributed by atoms with van der Waals surface area (Å²) >= 11 is 0. The Balaban J connectivity index is -0.0000000346. The van der Waals surface area contributed by atoms with E-state index in [1.54, 1.807) is 12.1 Å². The molecule has 9 nitrogen and oxygen atoms in total. The van der Waals surface area contributed by atoms with Crippen molar-refractivity contribution in [3.63, 3.8) is 0 Å². The SMILES string of the molecule is Cc1ccc(S(=O)(=O)[O-])cc1.O.O.O.O.O.O.[Fe+3]. The molecule has 1 aromatic rings. The minimum absolute atomic E-state index is 0. The Morgan fingerprint density at radius 3 is 1.33 bits per heavy atom. The number of rotatable bonds is 1. The molecule has 0 atom stereocenters. The molecule has 12 N–H and O–H groups in total. The van der Waals surface area contributed by atoms with E-state index in [0.717, 1.165) is 5.56 Å². The molecule has 1 radical (unpaired) electrons. The molecule has 0 saturated carbocycles. The van der Waals surface area contributed by atoms with E-state index in [1.165, 1.54) is 12.1 Å². The van der Waals surface area contributed by atoms with Gasteiger partial charge in [-0.05, 0) is 19.1 Å². The molecule has 18 heavy (non-hydrogen) atoms. The zero-order valence-electron chi connectivity index (χ0n) is 9.30. The first-order chi connectivity index (χ1) is 5.00. The molecular weight excluding hydrogens is 316 g/mol. The van der Waals surface area contributed by atoms with E-state index in [2.05, 4.69) is 0 Å². The zero-order chi connectivity index (χ0) is 8.48. The first-order valence-corrected chi connectivity index (χ1v) is 4.43. The normalized spacial score (nSPS) is 7.00. The van der Waals surface area contributed by atoms with E-state index in [-0.39, 0.29) is 54.8 Å². The summed E-state index contributed by atoms with van der Waals surface area (Å²) in [5, 5.41) is 0. The summed E-state index contributed by atoms with van der Waals surface area (Å²) in [6, 6.07) is 5.78. The summed E-state index contributed by atoms with van der Waals surface area (Å²) in [5.74, 6) is 0. The van der Waals surface area contributed by atoms with Crippen LogP contribution in [0.1, 0.15) is 5.56 Å². The summed E-state index contributed by atoms with van der Waals surface area (Å²) in [6.07, 6.45) is 0. The van der Waals surface area contributed by atoms with Crippen molar-refractivity contribution in [2.45, 2.75) is 11.8 Å². The van der Waals surface area contributed by atoms with E-state index < -0.39 is 10.1 Å². The molecule has 0 heterocycles. The van der Waals surface area contributed by atoms with Gasteiger partial charge in [-0.15, -0.1) is 0 Å². The van der Waals surface area contributed by atoms with Gasteiger partial charge in [0.25, 0.3) is 0 Å². The Labute approximate surface area is 115 Å². The fourth-order valence-corrected chi connectivity index (χ4v) is 1.17. The topological polar surface area (TPSA) is 246 Å². The fraction of sp³-hybridized carbons (Fsp3) is 0.143. The van der Waals surface area contributed by atoms with Crippen molar-refractivity contribution in [2.75, 3.05) is 0 Å². The molecule has 0 amide bonds. The standard InChI is InChI=1S/C7H8O3S.Fe.6H2O/c1-6-2-4-7(5-3-6)11(8,9)10;;;;;;;/h2-5H,1H3,(H,8,9,10);;6*1H2/q;+3;;;;;;/p-1. The molecule has 11 heteroatoms. The van der Waals surface area contributed by atoms with Gasteiger partial charge in [-0.1, -0.05) is 17.7 Å². The van der Waals surface area contributed by atoms with Crippen LogP contribution in [0.25, 0.3) is 0 Å². The minimum atomic E-state index is -4.27. The second-order valence-electron chi connectivity index (χ2n) is 2.27. The second kappa shape index (κ2) is 16.4. The van der Waals surface area contributed by atoms with Crippen LogP contribution < -0.4 is 0 Å². The number of hydrogen-bond acceptors (Lipinski definition) is 3. The van der Waals surface area contributed by atoms with Crippen molar-refractivity contribution in [3.05, 3.63) is 29.8 Å². The Morgan fingerprint density at radius 2 is 1.11 bits per heavy atom. The van der Waals surface area contributed by atoms with Crippen LogP contribution in [0.4, 0.5) is 0 Å². The molecule has 0 aliphatic carbocycles. The van der Waals surface area contributed by atoms with Gasteiger partial charge in [0.05, 0.1) is 4.90 Å². The van der Waals surface area contributed by atoms with Gasteiger partial charge in [0, 0.05) is 0 Å². The summed E-state index contributed by atoms with van der Waals surface area (Å²) in [7, 11) is -4.27. The van der Waals surface area contributed by atoms with E-state index in [0.29, 0.717) is 0 Å². The molecule has 0 aliphatic heterocycles. The third-order valence-corrected chi connectivity index (χ3v) is 2.16. The molecule has 113 valence electrons. The van der Waals surface area contributed by atoms with Crippen LogP contribution in [-0.2, 0) is 27.2 Å². The van der Waals surface area contributed by atoms with E-state index in [1.807, 2.05) is 6.92 Å². The molecule has 0 bridgehead atoms. The van der Waals surface area contributed by atoms with Gasteiger partial charge >= 0.3 is 17.1 Å². The maximum Gasteiger partial charge on any atom is 3.00 e. The zero-order valence-corrected chi connectivity index (χ0v) is 11.2. The van der Waals surface area contributed by atoms with Gasteiger partial charge in [-0.3, -0.25) is 0 Å². The van der Waals surface area contributed by atoms with Crippen molar-refractivity contribution in [3.8, 4) is 0 Å². The molecule has 0 saturated heterocycles. The fourth-order valence-electron chi connectivity index (χ4n) is 0.705. The van der Waals surface area contributed by atoms with Gasteiger partial charge in [-0.2, -0.15) is 0 Å². The predicted octanol–water partition coefficient (Wildman–Crippen LogP) is -4.05. The molecule has 0 aliphatic rings. The van der Waals surface area contributed by atoms with Crippen molar-refractivity contribution in [1.29, 1.82) is 0 Å². The molecular formula is C7H19FeO9S+2. The first-order valence-electron chi connectivity index (χ1n) is 3.03. The van der Waals surface area contributed by atoms with Gasteiger partial charge in [0.2, 0.25) is 0 Å². The Hall–Kier alpha value is -0.591. The van der Waals surface area contributed by atoms with Crippen molar-refractivity contribution in [1.82, 2.24) is 0 Å². The molecule has 0 aromatic heterocycles. The molecule has 0 fully saturated rings. The summed E-state index contributed by atoms with van der Waals surface area (Å²) < 4.78 is 31.2. The predicted molar refractivity (Wildman–Crippen MR) is 60.8 cm³/mol. The number of aryl methyl sites for hydroxylation is 1. The monoisotopic (exact) mass is 335 g/mol. The maximum absolute atomic E-state index is 10.4. The van der Waals surface area contributed by atoms with Crippen LogP contribution in [0.15, 0.2) is 29.2 Å². The Kier molecular flexibility index (Phi) is 39.4. The molecule has 1 rings (SSSR count). The van der Waals surface area contributed by atoms with E-state index >= 15 is 0 Å². The van der Waals surface area contributed by atoms with Crippen LogP contribution in [0.5, 0.6) is 0 Å². The third-order valence-electron chi connectivity index (χ3n) is 1.31. The quantitative estimate of drug-likeness (QED) is 0.367. The maximum atomic E-state index is 10.4. The second-order valence-corrected chi connectivity index (χ2v) is 3.65. The average molecular weight is 335 g/mol. The van der Waals surface area contributed by atoms with Crippen LogP contribution >= 0.6 is 0 Å². The number of benzene rings is 1. The Morgan fingerprint density at radius 1 is 0.833 bits per heavy atom. The molecule has 0 spiro atoms. The van der Waals surface area contributed by atoms with Gasteiger partial charge in [-0.25, -0.2) is 8.42 Å². The summed E-state index contributed by atoms with van der Waals surface area (Å²) in [5.41, 5.74) is 0.928. The molecule has 0 unspecified atom stereocenters. The van der Waals surface area contributed by atoms with E-state index in [4.69, 9.17) is 0 Å². The smallest absolute Gasteiger partial charge is 0.744 e.